The first kappa shape index (κ1) is 23.6. The van der Waals surface area contributed by atoms with Gasteiger partial charge in [0.15, 0.2) is 18.1 Å². The van der Waals surface area contributed by atoms with Crippen molar-refractivity contribution in [3.05, 3.63) is 76.7 Å². The Morgan fingerprint density at radius 2 is 1.82 bits per heavy atom. The van der Waals surface area contributed by atoms with Gasteiger partial charge in [-0.2, -0.15) is 5.10 Å². The molecule has 0 aliphatic rings. The smallest absolute Gasteiger partial charge is 0.379 e. The first-order valence-corrected chi connectivity index (χ1v) is 10.4. The molecule has 0 radical (unpaired) electrons. The second-order valence-corrected chi connectivity index (χ2v) is 7.24. The molecule has 2 aromatic carbocycles. The lowest BCUT2D eigenvalue weighted by Gasteiger charge is -2.13. The highest BCUT2D eigenvalue weighted by Gasteiger charge is 2.15. The molecule has 33 heavy (non-hydrogen) atoms. The lowest BCUT2D eigenvalue weighted by molar-refractivity contribution is -0.123. The molecule has 0 aliphatic heterocycles. The highest BCUT2D eigenvalue weighted by Crippen LogP contribution is 2.29. The van der Waals surface area contributed by atoms with Crippen LogP contribution in [0.15, 0.2) is 58.2 Å². The summed E-state index contributed by atoms with van der Waals surface area (Å²) < 4.78 is 21.7. The zero-order chi connectivity index (χ0) is 23.8. The molecule has 0 saturated carbocycles. The van der Waals surface area contributed by atoms with Crippen LogP contribution in [0.3, 0.4) is 0 Å². The minimum absolute atomic E-state index is 0.0871. The molecule has 0 bridgehead atoms. The molecule has 172 valence electrons. The topological polar surface area (TPSA) is 99.4 Å². The molecule has 0 saturated heterocycles. The van der Waals surface area contributed by atoms with Crippen molar-refractivity contribution in [2.45, 2.75) is 27.7 Å². The van der Waals surface area contributed by atoms with Gasteiger partial charge in [-0.3, -0.25) is 4.79 Å². The van der Waals surface area contributed by atoms with Crippen LogP contribution in [0.1, 0.15) is 39.7 Å². The van der Waals surface area contributed by atoms with E-state index in [4.69, 9.17) is 18.6 Å². The van der Waals surface area contributed by atoms with Crippen molar-refractivity contribution >= 4 is 18.1 Å². The molecule has 0 atom stereocenters. The van der Waals surface area contributed by atoms with Crippen LogP contribution in [-0.2, 0) is 4.79 Å². The van der Waals surface area contributed by atoms with Crippen LogP contribution in [0.5, 0.6) is 17.2 Å². The molecule has 8 nitrogen and oxygen atoms in total. The number of carbonyl (C=O) groups excluding carboxylic acids is 2. The van der Waals surface area contributed by atoms with Gasteiger partial charge in [-0.1, -0.05) is 12.1 Å². The normalized spacial score (nSPS) is 10.8. The first-order chi connectivity index (χ1) is 15.9. The molecule has 1 N–H and O–H groups in total. The second-order valence-electron chi connectivity index (χ2n) is 7.24. The Balaban J connectivity index is 1.60. The van der Waals surface area contributed by atoms with E-state index in [2.05, 4.69) is 10.5 Å². The van der Waals surface area contributed by atoms with E-state index in [1.165, 1.54) is 18.5 Å². The quantitative estimate of drug-likeness (QED) is 0.225. The van der Waals surface area contributed by atoms with Crippen LogP contribution in [0.25, 0.3) is 0 Å². The van der Waals surface area contributed by atoms with Gasteiger partial charge >= 0.3 is 5.97 Å². The fourth-order valence-electron chi connectivity index (χ4n) is 3.00. The van der Waals surface area contributed by atoms with Gasteiger partial charge in [-0.25, -0.2) is 10.2 Å². The lowest BCUT2D eigenvalue weighted by Crippen LogP contribution is -2.25. The van der Waals surface area contributed by atoms with E-state index in [1.54, 1.807) is 24.3 Å². The second kappa shape index (κ2) is 11.0. The molecule has 1 heterocycles. The number of hydrazone groups is 1. The van der Waals surface area contributed by atoms with Gasteiger partial charge < -0.3 is 18.6 Å². The maximum Gasteiger partial charge on any atom is 0.379 e. The highest BCUT2D eigenvalue weighted by molar-refractivity contribution is 5.89. The van der Waals surface area contributed by atoms with Crippen molar-refractivity contribution in [1.29, 1.82) is 0 Å². The van der Waals surface area contributed by atoms with Crippen molar-refractivity contribution < 1.29 is 28.2 Å². The van der Waals surface area contributed by atoms with E-state index >= 15 is 0 Å². The largest absolute Gasteiger partial charge is 0.490 e. The molecule has 1 amide bonds. The van der Waals surface area contributed by atoms with E-state index < -0.39 is 5.97 Å². The summed E-state index contributed by atoms with van der Waals surface area (Å²) in [6, 6.07) is 12.0. The fraction of sp³-hybridized carbons (Fsp3) is 0.240. The number of rotatable bonds is 9. The third kappa shape index (κ3) is 6.22. The molecular formula is C25H26N2O6. The molecule has 3 aromatic rings. The lowest BCUT2D eigenvalue weighted by atomic mass is 10.1. The zero-order valence-corrected chi connectivity index (χ0v) is 19.0. The summed E-state index contributed by atoms with van der Waals surface area (Å²) in [5.41, 5.74) is 6.14. The number of furan rings is 1. The van der Waals surface area contributed by atoms with Gasteiger partial charge in [-0.15, -0.1) is 0 Å². The van der Waals surface area contributed by atoms with Gasteiger partial charge in [0.25, 0.3) is 5.91 Å². The molecule has 0 aliphatic carbocycles. The van der Waals surface area contributed by atoms with Crippen LogP contribution in [-0.4, -0.2) is 31.3 Å². The van der Waals surface area contributed by atoms with E-state index in [1.807, 2.05) is 39.8 Å². The number of nitrogens with zero attached hydrogens (tertiary/aromatic N) is 1. The molecule has 3 rings (SSSR count). The molecule has 8 heteroatoms. The average Bonchev–Trinajstić information content (AvgIpc) is 3.33. The number of ether oxygens (including phenoxy) is 3. The predicted molar refractivity (Wildman–Crippen MR) is 123 cm³/mol. The molecule has 0 spiro atoms. The van der Waals surface area contributed by atoms with E-state index in [0.29, 0.717) is 23.7 Å². The summed E-state index contributed by atoms with van der Waals surface area (Å²) in [5, 5.41) is 3.97. The van der Waals surface area contributed by atoms with Crippen molar-refractivity contribution in [3.8, 4) is 17.2 Å². The average molecular weight is 450 g/mol. The summed E-state index contributed by atoms with van der Waals surface area (Å²) in [5.74, 6) is 0.381. The predicted octanol–water partition coefficient (Wildman–Crippen LogP) is 4.35. The minimum Gasteiger partial charge on any atom is -0.490 e. The standard InChI is InChI=1S/C25H26N2O6/c1-5-30-22-13-19(10-11-20(22)33-25(29)21-7-6-12-31-21)14-26-27-23(28)15-32-24-17(3)9-8-16(2)18(24)4/h6-14H,5,15H2,1-4H3,(H,27,28). The van der Waals surface area contributed by atoms with Gasteiger partial charge in [0.05, 0.1) is 19.1 Å². The van der Waals surface area contributed by atoms with E-state index in [-0.39, 0.29) is 24.0 Å². The summed E-state index contributed by atoms with van der Waals surface area (Å²) >= 11 is 0. The van der Waals surface area contributed by atoms with Crippen LogP contribution < -0.4 is 19.6 Å². The van der Waals surface area contributed by atoms with Crippen molar-refractivity contribution in [3.63, 3.8) is 0 Å². The molecule has 0 fully saturated rings. The first-order valence-electron chi connectivity index (χ1n) is 10.4. The van der Waals surface area contributed by atoms with Crippen LogP contribution in [0.2, 0.25) is 0 Å². The Bertz CT molecular complexity index is 1150. The molecule has 0 unspecified atom stereocenters. The monoisotopic (exact) mass is 450 g/mol. The van der Waals surface area contributed by atoms with Crippen LogP contribution in [0.4, 0.5) is 0 Å². The summed E-state index contributed by atoms with van der Waals surface area (Å²) in [7, 11) is 0. The fourth-order valence-corrected chi connectivity index (χ4v) is 3.00. The van der Waals surface area contributed by atoms with Gasteiger partial charge in [0, 0.05) is 0 Å². The summed E-state index contributed by atoms with van der Waals surface area (Å²) in [4.78, 5) is 24.3. The van der Waals surface area contributed by atoms with Crippen molar-refractivity contribution in [1.82, 2.24) is 5.43 Å². The number of hydrogen-bond donors (Lipinski definition) is 1. The SMILES string of the molecule is CCOc1cc(C=NNC(=O)COc2c(C)ccc(C)c2C)ccc1OC(=O)c1ccco1. The third-order valence-corrected chi connectivity index (χ3v) is 4.82. The Morgan fingerprint density at radius 3 is 2.55 bits per heavy atom. The number of benzene rings is 2. The maximum atomic E-state index is 12.1. The van der Waals surface area contributed by atoms with E-state index in [9.17, 15) is 9.59 Å². The Morgan fingerprint density at radius 1 is 1.03 bits per heavy atom. The minimum atomic E-state index is -0.631. The Kier molecular flexibility index (Phi) is 7.86. The van der Waals surface area contributed by atoms with Crippen LogP contribution in [0, 0.1) is 20.8 Å². The van der Waals surface area contributed by atoms with Gasteiger partial charge in [0.1, 0.15) is 5.75 Å². The zero-order valence-electron chi connectivity index (χ0n) is 19.0. The summed E-state index contributed by atoms with van der Waals surface area (Å²) in [6.45, 7) is 7.91. The number of esters is 1. The number of aryl methyl sites for hydroxylation is 2. The van der Waals surface area contributed by atoms with Gasteiger partial charge in [0.2, 0.25) is 5.76 Å². The van der Waals surface area contributed by atoms with E-state index in [0.717, 1.165) is 16.7 Å². The molecular weight excluding hydrogens is 424 g/mol. The van der Waals surface area contributed by atoms with Gasteiger partial charge in [-0.05, 0) is 80.3 Å². The maximum absolute atomic E-state index is 12.1. The van der Waals surface area contributed by atoms with Crippen molar-refractivity contribution in [2.75, 3.05) is 13.2 Å². The summed E-state index contributed by atoms with van der Waals surface area (Å²) in [6.07, 6.45) is 2.85. The number of nitrogens with one attached hydrogen (secondary N) is 1. The highest BCUT2D eigenvalue weighted by atomic mass is 16.6. The number of amides is 1. The number of hydrogen-bond acceptors (Lipinski definition) is 7. The molecule has 1 aromatic heterocycles. The van der Waals surface area contributed by atoms with Crippen LogP contribution >= 0.6 is 0 Å². The Hall–Kier alpha value is -4.07. The third-order valence-electron chi connectivity index (χ3n) is 4.82. The van der Waals surface area contributed by atoms with Crippen molar-refractivity contribution in [2.24, 2.45) is 5.10 Å². The Labute approximate surface area is 192 Å². The number of carbonyl (C=O) groups is 2.